The van der Waals surface area contributed by atoms with Crippen LogP contribution in [0.2, 0.25) is 0 Å². The fourth-order valence-electron chi connectivity index (χ4n) is 1.13. The van der Waals surface area contributed by atoms with Crippen molar-refractivity contribution in [3.63, 3.8) is 0 Å². The zero-order valence-electron chi connectivity index (χ0n) is 8.33. The van der Waals surface area contributed by atoms with Crippen LogP contribution in [0.15, 0.2) is 42.7 Å². The number of aromatic nitrogens is 2. The van der Waals surface area contributed by atoms with Crippen LogP contribution in [0.4, 0.5) is 0 Å². The third-order valence-electron chi connectivity index (χ3n) is 1.83. The average Bonchev–Trinajstić information content (AvgIpc) is 2.30. The van der Waals surface area contributed by atoms with E-state index in [1.54, 1.807) is 12.1 Å². The van der Waals surface area contributed by atoms with Gasteiger partial charge in [-0.2, -0.15) is 0 Å². The van der Waals surface area contributed by atoms with Crippen molar-refractivity contribution in [3.8, 4) is 11.6 Å². The summed E-state index contributed by atoms with van der Waals surface area (Å²) in [7, 11) is 0. The molecule has 2 rings (SSSR count). The maximum absolute atomic E-state index is 10.9. The largest absolute Gasteiger partial charge is 0.437 e. The Morgan fingerprint density at radius 2 is 1.94 bits per heavy atom. The number of primary amides is 1. The number of para-hydroxylation sites is 1. The number of benzene rings is 1. The minimum absolute atomic E-state index is 0.0773. The standard InChI is InChI=1S/C11H9N3O2/c12-11(15)9-6-13-7-10(14-9)16-8-4-2-1-3-5-8/h1-7H,(H2,12,15). The van der Waals surface area contributed by atoms with Crippen LogP contribution in [-0.4, -0.2) is 15.9 Å². The lowest BCUT2D eigenvalue weighted by Gasteiger charge is -2.03. The molecule has 0 bridgehead atoms. The van der Waals surface area contributed by atoms with E-state index in [0.29, 0.717) is 5.75 Å². The third kappa shape index (κ3) is 2.33. The molecule has 1 aromatic carbocycles. The molecule has 0 atom stereocenters. The highest BCUT2D eigenvalue weighted by Gasteiger charge is 2.05. The van der Waals surface area contributed by atoms with Crippen molar-refractivity contribution >= 4 is 5.91 Å². The lowest BCUT2D eigenvalue weighted by atomic mass is 10.3. The van der Waals surface area contributed by atoms with Crippen LogP contribution in [0.5, 0.6) is 11.6 Å². The van der Waals surface area contributed by atoms with Crippen molar-refractivity contribution in [2.24, 2.45) is 5.73 Å². The van der Waals surface area contributed by atoms with Crippen LogP contribution in [0.1, 0.15) is 10.5 Å². The Balaban J connectivity index is 2.22. The number of rotatable bonds is 3. The Morgan fingerprint density at radius 1 is 1.19 bits per heavy atom. The van der Waals surface area contributed by atoms with Crippen molar-refractivity contribution in [3.05, 3.63) is 48.4 Å². The monoisotopic (exact) mass is 215 g/mol. The van der Waals surface area contributed by atoms with Crippen LogP contribution < -0.4 is 10.5 Å². The fourth-order valence-corrected chi connectivity index (χ4v) is 1.13. The summed E-state index contributed by atoms with van der Waals surface area (Å²) >= 11 is 0. The second-order valence-electron chi connectivity index (χ2n) is 3.02. The predicted octanol–water partition coefficient (Wildman–Crippen LogP) is 1.37. The van der Waals surface area contributed by atoms with Crippen LogP contribution in [-0.2, 0) is 0 Å². The van der Waals surface area contributed by atoms with Gasteiger partial charge in [-0.15, -0.1) is 0 Å². The molecule has 0 spiro atoms. The summed E-state index contributed by atoms with van der Waals surface area (Å²) in [5, 5.41) is 0. The van der Waals surface area contributed by atoms with E-state index >= 15 is 0 Å². The topological polar surface area (TPSA) is 78.1 Å². The van der Waals surface area contributed by atoms with E-state index in [2.05, 4.69) is 9.97 Å². The van der Waals surface area contributed by atoms with Gasteiger partial charge in [0.1, 0.15) is 11.4 Å². The van der Waals surface area contributed by atoms with E-state index in [4.69, 9.17) is 10.5 Å². The van der Waals surface area contributed by atoms with E-state index in [-0.39, 0.29) is 11.6 Å². The Kier molecular flexibility index (Phi) is 2.77. The summed E-state index contributed by atoms with van der Waals surface area (Å²) in [6, 6.07) is 9.09. The van der Waals surface area contributed by atoms with Gasteiger partial charge in [0.15, 0.2) is 0 Å². The van der Waals surface area contributed by atoms with Crippen LogP contribution in [0.25, 0.3) is 0 Å². The number of ether oxygens (including phenoxy) is 1. The molecule has 0 saturated carbocycles. The molecule has 0 fully saturated rings. The minimum atomic E-state index is -0.633. The molecule has 0 saturated heterocycles. The number of carbonyl (C=O) groups excluding carboxylic acids is 1. The molecular weight excluding hydrogens is 206 g/mol. The molecule has 0 aliphatic heterocycles. The molecule has 0 aliphatic rings. The van der Waals surface area contributed by atoms with Gasteiger partial charge < -0.3 is 10.5 Å². The van der Waals surface area contributed by atoms with Crippen molar-refractivity contribution in [2.75, 3.05) is 0 Å². The van der Waals surface area contributed by atoms with Crippen molar-refractivity contribution < 1.29 is 9.53 Å². The van der Waals surface area contributed by atoms with Gasteiger partial charge in [-0.3, -0.25) is 9.78 Å². The maximum atomic E-state index is 10.9. The van der Waals surface area contributed by atoms with Crippen LogP contribution >= 0.6 is 0 Å². The molecule has 5 nitrogen and oxygen atoms in total. The normalized spacial score (nSPS) is 9.75. The Bertz CT molecular complexity index is 500. The van der Waals surface area contributed by atoms with E-state index < -0.39 is 5.91 Å². The maximum Gasteiger partial charge on any atom is 0.269 e. The fraction of sp³-hybridized carbons (Fsp3) is 0. The lowest BCUT2D eigenvalue weighted by molar-refractivity contribution is 0.0994. The van der Waals surface area contributed by atoms with Gasteiger partial charge in [0.2, 0.25) is 5.88 Å². The number of nitrogens with two attached hydrogens (primary N) is 1. The number of amides is 1. The first-order valence-corrected chi connectivity index (χ1v) is 4.60. The number of nitrogens with zero attached hydrogens (tertiary/aromatic N) is 2. The molecule has 2 N–H and O–H groups in total. The van der Waals surface area contributed by atoms with Gasteiger partial charge in [-0.1, -0.05) is 18.2 Å². The Hall–Kier alpha value is -2.43. The number of carbonyl (C=O) groups is 1. The average molecular weight is 215 g/mol. The number of hydrogen-bond acceptors (Lipinski definition) is 4. The highest BCUT2D eigenvalue weighted by Crippen LogP contribution is 2.17. The van der Waals surface area contributed by atoms with E-state index in [9.17, 15) is 4.79 Å². The van der Waals surface area contributed by atoms with Gasteiger partial charge >= 0.3 is 0 Å². The van der Waals surface area contributed by atoms with Crippen molar-refractivity contribution in [1.82, 2.24) is 9.97 Å². The molecule has 1 heterocycles. The molecule has 5 heteroatoms. The summed E-state index contributed by atoms with van der Waals surface area (Å²) in [6.45, 7) is 0. The zero-order valence-corrected chi connectivity index (χ0v) is 8.33. The van der Waals surface area contributed by atoms with Gasteiger partial charge in [-0.05, 0) is 12.1 Å². The van der Waals surface area contributed by atoms with E-state index in [0.717, 1.165) is 0 Å². The first-order chi connectivity index (χ1) is 7.75. The SMILES string of the molecule is NC(=O)c1cncc(Oc2ccccc2)n1. The minimum Gasteiger partial charge on any atom is -0.437 e. The van der Waals surface area contributed by atoms with Gasteiger partial charge in [0.05, 0.1) is 12.4 Å². The summed E-state index contributed by atoms with van der Waals surface area (Å²) in [4.78, 5) is 18.6. The highest BCUT2D eigenvalue weighted by molar-refractivity contribution is 5.90. The first kappa shape index (κ1) is 10.1. The third-order valence-corrected chi connectivity index (χ3v) is 1.83. The van der Waals surface area contributed by atoms with Crippen molar-refractivity contribution in [2.45, 2.75) is 0 Å². The Morgan fingerprint density at radius 3 is 2.62 bits per heavy atom. The summed E-state index contributed by atoms with van der Waals surface area (Å²) in [5.74, 6) is 0.229. The van der Waals surface area contributed by atoms with E-state index in [1.165, 1.54) is 12.4 Å². The zero-order chi connectivity index (χ0) is 11.4. The lowest BCUT2D eigenvalue weighted by Crippen LogP contribution is -2.13. The van der Waals surface area contributed by atoms with Crippen molar-refractivity contribution in [1.29, 1.82) is 0 Å². The Labute approximate surface area is 91.9 Å². The van der Waals surface area contributed by atoms with Gasteiger partial charge in [0, 0.05) is 0 Å². The van der Waals surface area contributed by atoms with Crippen LogP contribution in [0.3, 0.4) is 0 Å². The number of hydrogen-bond donors (Lipinski definition) is 1. The smallest absolute Gasteiger partial charge is 0.269 e. The highest BCUT2D eigenvalue weighted by atomic mass is 16.5. The molecule has 1 amide bonds. The molecular formula is C11H9N3O2. The van der Waals surface area contributed by atoms with Gasteiger partial charge in [0.25, 0.3) is 5.91 Å². The predicted molar refractivity (Wildman–Crippen MR) is 57.1 cm³/mol. The summed E-state index contributed by atoms with van der Waals surface area (Å²) < 4.78 is 5.39. The molecule has 0 unspecified atom stereocenters. The molecule has 0 aliphatic carbocycles. The second kappa shape index (κ2) is 4.39. The van der Waals surface area contributed by atoms with E-state index in [1.807, 2.05) is 18.2 Å². The molecule has 2 aromatic rings. The molecule has 1 aromatic heterocycles. The van der Waals surface area contributed by atoms with Gasteiger partial charge in [-0.25, -0.2) is 4.98 Å². The first-order valence-electron chi connectivity index (χ1n) is 4.60. The molecule has 80 valence electrons. The molecule has 16 heavy (non-hydrogen) atoms. The molecule has 0 radical (unpaired) electrons. The summed E-state index contributed by atoms with van der Waals surface area (Å²) in [6.07, 6.45) is 2.71. The second-order valence-corrected chi connectivity index (χ2v) is 3.02. The summed E-state index contributed by atoms with van der Waals surface area (Å²) in [5.41, 5.74) is 5.16. The van der Waals surface area contributed by atoms with Crippen LogP contribution in [0, 0.1) is 0 Å². The quantitative estimate of drug-likeness (QED) is 0.838.